The third kappa shape index (κ3) is 1.64. The number of aromatic amines is 1. The van der Waals surface area contributed by atoms with Gasteiger partial charge in [-0.15, -0.1) is 10.2 Å². The van der Waals surface area contributed by atoms with Crippen molar-refractivity contribution in [2.24, 2.45) is 0 Å². The van der Waals surface area contributed by atoms with E-state index in [0.717, 1.165) is 9.86 Å². The summed E-state index contributed by atoms with van der Waals surface area (Å²) in [6.45, 7) is 0. The van der Waals surface area contributed by atoms with Crippen LogP contribution in [-0.2, 0) is 0 Å². The minimum atomic E-state index is -0.489. The fraction of sp³-hybridized carbons (Fsp3) is 0. The van der Waals surface area contributed by atoms with E-state index in [9.17, 15) is 4.79 Å². The van der Waals surface area contributed by atoms with Gasteiger partial charge >= 0.3 is 5.63 Å². The minimum Gasteiger partial charge on any atom is -0.422 e. The predicted molar refractivity (Wildman–Crippen MR) is 63.4 cm³/mol. The van der Waals surface area contributed by atoms with Gasteiger partial charge in [0.2, 0.25) is 5.82 Å². The molecule has 3 aromatic rings. The number of aromatic nitrogens is 4. The van der Waals surface area contributed by atoms with E-state index in [1.807, 2.05) is 6.07 Å². The SMILES string of the molecule is O=c1oc2cccc(Br)c2cc1-c1nn[nH]n1. The van der Waals surface area contributed by atoms with Gasteiger partial charge < -0.3 is 4.42 Å². The number of benzene rings is 1. The van der Waals surface area contributed by atoms with Crippen molar-refractivity contribution in [1.82, 2.24) is 20.6 Å². The second-order valence-electron chi connectivity index (χ2n) is 3.33. The molecule has 0 spiro atoms. The van der Waals surface area contributed by atoms with Crippen molar-refractivity contribution >= 4 is 26.9 Å². The van der Waals surface area contributed by atoms with E-state index in [-0.39, 0.29) is 11.4 Å². The second-order valence-corrected chi connectivity index (χ2v) is 4.19. The molecular formula is C10H5BrN4O2. The van der Waals surface area contributed by atoms with Crippen LogP contribution in [0.25, 0.3) is 22.4 Å². The fourth-order valence-electron chi connectivity index (χ4n) is 1.54. The zero-order valence-corrected chi connectivity index (χ0v) is 9.93. The first-order valence-corrected chi connectivity index (χ1v) is 5.51. The monoisotopic (exact) mass is 292 g/mol. The molecule has 0 saturated heterocycles. The third-order valence-corrected chi connectivity index (χ3v) is 3.00. The normalized spacial score (nSPS) is 10.9. The van der Waals surface area contributed by atoms with Gasteiger partial charge in [0.1, 0.15) is 11.1 Å². The number of halogens is 1. The molecule has 6 nitrogen and oxygen atoms in total. The van der Waals surface area contributed by atoms with Crippen LogP contribution >= 0.6 is 15.9 Å². The molecule has 84 valence electrons. The van der Waals surface area contributed by atoms with E-state index in [0.29, 0.717) is 5.58 Å². The number of hydrogen-bond donors (Lipinski definition) is 1. The van der Waals surface area contributed by atoms with Crippen LogP contribution < -0.4 is 5.63 Å². The van der Waals surface area contributed by atoms with Crippen LogP contribution in [0.3, 0.4) is 0 Å². The fourth-order valence-corrected chi connectivity index (χ4v) is 2.00. The van der Waals surface area contributed by atoms with E-state index in [4.69, 9.17) is 4.42 Å². The van der Waals surface area contributed by atoms with Gasteiger partial charge in [-0.1, -0.05) is 22.0 Å². The Morgan fingerprint density at radius 2 is 2.24 bits per heavy atom. The topological polar surface area (TPSA) is 84.7 Å². The van der Waals surface area contributed by atoms with Gasteiger partial charge in [-0.3, -0.25) is 0 Å². The van der Waals surface area contributed by atoms with Crippen LogP contribution in [0.15, 0.2) is 37.9 Å². The number of hydrogen-bond acceptors (Lipinski definition) is 5. The largest absolute Gasteiger partial charge is 0.422 e. The van der Waals surface area contributed by atoms with Crippen LogP contribution in [0.2, 0.25) is 0 Å². The highest BCUT2D eigenvalue weighted by Crippen LogP contribution is 2.25. The van der Waals surface area contributed by atoms with Crippen molar-refractivity contribution in [3.05, 3.63) is 39.2 Å². The van der Waals surface area contributed by atoms with E-state index in [2.05, 4.69) is 36.6 Å². The maximum absolute atomic E-state index is 11.7. The molecule has 0 radical (unpaired) electrons. The number of nitrogens with zero attached hydrogens (tertiary/aromatic N) is 3. The highest BCUT2D eigenvalue weighted by atomic mass is 79.9. The van der Waals surface area contributed by atoms with E-state index < -0.39 is 5.63 Å². The van der Waals surface area contributed by atoms with Crippen molar-refractivity contribution < 1.29 is 4.42 Å². The molecule has 17 heavy (non-hydrogen) atoms. The molecule has 0 bridgehead atoms. The van der Waals surface area contributed by atoms with Gasteiger partial charge in [-0.25, -0.2) is 4.79 Å². The van der Waals surface area contributed by atoms with Gasteiger partial charge in [-0.2, -0.15) is 5.21 Å². The molecule has 2 aromatic heterocycles. The molecule has 3 rings (SSSR count). The van der Waals surface area contributed by atoms with Gasteiger partial charge in [0.25, 0.3) is 0 Å². The van der Waals surface area contributed by atoms with Crippen molar-refractivity contribution in [1.29, 1.82) is 0 Å². The molecule has 7 heteroatoms. The van der Waals surface area contributed by atoms with Crippen LogP contribution in [0.4, 0.5) is 0 Å². The number of H-pyrrole nitrogens is 1. The maximum Gasteiger partial charge on any atom is 0.347 e. The standard InChI is InChI=1S/C10H5BrN4O2/c11-7-2-1-3-8-5(7)4-6(10(16)17-8)9-12-14-15-13-9/h1-4H,(H,12,13,14,15). The van der Waals surface area contributed by atoms with Gasteiger partial charge in [0, 0.05) is 9.86 Å². The van der Waals surface area contributed by atoms with Crippen LogP contribution in [0, 0.1) is 0 Å². The third-order valence-electron chi connectivity index (χ3n) is 2.31. The van der Waals surface area contributed by atoms with Crippen LogP contribution in [0.1, 0.15) is 0 Å². The molecule has 0 aliphatic carbocycles. The summed E-state index contributed by atoms with van der Waals surface area (Å²) in [4.78, 5) is 11.7. The molecule has 0 amide bonds. The number of nitrogens with one attached hydrogen (secondary N) is 1. The summed E-state index contributed by atoms with van der Waals surface area (Å²) in [6.07, 6.45) is 0. The average Bonchev–Trinajstić information content (AvgIpc) is 2.82. The molecule has 2 heterocycles. The summed E-state index contributed by atoms with van der Waals surface area (Å²) >= 11 is 3.39. The lowest BCUT2D eigenvalue weighted by Crippen LogP contribution is -2.03. The van der Waals surface area contributed by atoms with Gasteiger partial charge in [-0.05, 0) is 23.4 Å². The van der Waals surface area contributed by atoms with Crippen molar-refractivity contribution in [3.8, 4) is 11.4 Å². The number of tetrazole rings is 1. The lowest BCUT2D eigenvalue weighted by atomic mass is 10.2. The summed E-state index contributed by atoms with van der Waals surface area (Å²) in [5.74, 6) is 0.219. The summed E-state index contributed by atoms with van der Waals surface area (Å²) in [6, 6.07) is 7.06. The lowest BCUT2D eigenvalue weighted by molar-refractivity contribution is 0.562. The predicted octanol–water partition coefficient (Wildman–Crippen LogP) is 1.74. The molecule has 0 aliphatic heterocycles. The highest BCUT2D eigenvalue weighted by Gasteiger charge is 2.12. The van der Waals surface area contributed by atoms with E-state index in [1.54, 1.807) is 18.2 Å². The Hall–Kier alpha value is -2.02. The first-order chi connectivity index (χ1) is 8.25. The molecule has 0 aliphatic rings. The molecule has 1 aromatic carbocycles. The molecule has 0 saturated carbocycles. The van der Waals surface area contributed by atoms with Crippen molar-refractivity contribution in [3.63, 3.8) is 0 Å². The van der Waals surface area contributed by atoms with Crippen LogP contribution in [0.5, 0.6) is 0 Å². The maximum atomic E-state index is 11.7. The lowest BCUT2D eigenvalue weighted by Gasteiger charge is -2.00. The zero-order chi connectivity index (χ0) is 11.8. The second kappa shape index (κ2) is 3.77. The molecule has 0 atom stereocenters. The molecule has 1 N–H and O–H groups in total. The molecule has 0 unspecified atom stereocenters. The van der Waals surface area contributed by atoms with E-state index >= 15 is 0 Å². The van der Waals surface area contributed by atoms with E-state index in [1.165, 1.54) is 0 Å². The Bertz CT molecular complexity index is 736. The smallest absolute Gasteiger partial charge is 0.347 e. The Labute approximate surface area is 103 Å². The first-order valence-electron chi connectivity index (χ1n) is 4.72. The summed E-state index contributed by atoms with van der Waals surface area (Å²) in [5.41, 5.74) is 0.298. The van der Waals surface area contributed by atoms with Crippen molar-refractivity contribution in [2.75, 3.05) is 0 Å². The Morgan fingerprint density at radius 3 is 3.00 bits per heavy atom. The summed E-state index contributed by atoms with van der Waals surface area (Å²) in [7, 11) is 0. The number of rotatable bonds is 1. The minimum absolute atomic E-state index is 0.219. The van der Waals surface area contributed by atoms with Gasteiger partial charge in [0.05, 0.1) is 0 Å². The Balaban J connectivity index is 2.38. The zero-order valence-electron chi connectivity index (χ0n) is 8.35. The number of fused-ring (bicyclic) bond motifs is 1. The average molecular weight is 293 g/mol. The Kier molecular flexibility index (Phi) is 2.25. The first kappa shape index (κ1) is 10.2. The summed E-state index contributed by atoms with van der Waals surface area (Å²) < 4.78 is 6.03. The van der Waals surface area contributed by atoms with Gasteiger partial charge in [0.15, 0.2) is 0 Å². The molecule has 0 fully saturated rings. The van der Waals surface area contributed by atoms with Crippen LogP contribution in [-0.4, -0.2) is 20.6 Å². The summed E-state index contributed by atoms with van der Waals surface area (Å²) in [5, 5.41) is 14.0. The Morgan fingerprint density at radius 1 is 1.35 bits per heavy atom. The highest BCUT2D eigenvalue weighted by molar-refractivity contribution is 9.10. The molecular weight excluding hydrogens is 288 g/mol. The van der Waals surface area contributed by atoms with Crippen molar-refractivity contribution in [2.45, 2.75) is 0 Å². The quantitative estimate of drug-likeness (QED) is 0.691.